The lowest BCUT2D eigenvalue weighted by Gasteiger charge is -2.30. The van der Waals surface area contributed by atoms with E-state index >= 15 is 0 Å². The van der Waals surface area contributed by atoms with Crippen molar-refractivity contribution in [2.24, 2.45) is 5.92 Å². The molecule has 0 spiro atoms. The largest absolute Gasteiger partial charge is 0.389 e. The van der Waals surface area contributed by atoms with Crippen LogP contribution in [0.1, 0.15) is 32.9 Å². The third-order valence-corrected chi connectivity index (χ3v) is 4.09. The lowest BCUT2D eigenvalue weighted by Crippen LogP contribution is -2.36. The highest BCUT2D eigenvalue weighted by molar-refractivity contribution is 7.15. The molecule has 0 aromatic carbocycles. The fraction of sp³-hybridized carbons (Fsp3) is 0.583. The molecular formula is C12H18N2OS. The minimum absolute atomic E-state index is 0.247. The van der Waals surface area contributed by atoms with Gasteiger partial charge in [0.15, 0.2) is 4.96 Å². The Morgan fingerprint density at radius 2 is 2.31 bits per heavy atom. The molecule has 0 amide bonds. The zero-order valence-corrected chi connectivity index (χ0v) is 10.8. The number of aliphatic hydroxyl groups is 1. The highest BCUT2D eigenvalue weighted by atomic mass is 32.1. The molecule has 2 aromatic rings. The summed E-state index contributed by atoms with van der Waals surface area (Å²) in [4.78, 5) is 5.51. The van der Waals surface area contributed by atoms with Crippen LogP contribution in [0.3, 0.4) is 0 Å². The predicted molar refractivity (Wildman–Crippen MR) is 66.9 cm³/mol. The van der Waals surface area contributed by atoms with Gasteiger partial charge in [0, 0.05) is 24.2 Å². The van der Waals surface area contributed by atoms with Crippen LogP contribution in [0.4, 0.5) is 0 Å². The Bertz CT molecular complexity index is 446. The fourth-order valence-corrected chi connectivity index (χ4v) is 2.63. The summed E-state index contributed by atoms with van der Waals surface area (Å²) in [5.74, 6) is 0.247. The maximum absolute atomic E-state index is 10.5. The Morgan fingerprint density at radius 1 is 1.56 bits per heavy atom. The highest BCUT2D eigenvalue weighted by Crippen LogP contribution is 2.26. The van der Waals surface area contributed by atoms with E-state index in [0.29, 0.717) is 6.42 Å². The van der Waals surface area contributed by atoms with Crippen molar-refractivity contribution in [1.29, 1.82) is 0 Å². The summed E-state index contributed by atoms with van der Waals surface area (Å²) in [6.45, 7) is 6.14. The number of hydrogen-bond acceptors (Lipinski definition) is 3. The molecule has 2 aromatic heterocycles. The second-order valence-electron chi connectivity index (χ2n) is 4.61. The molecular weight excluding hydrogens is 220 g/mol. The molecule has 0 aliphatic carbocycles. The molecule has 0 saturated heterocycles. The van der Waals surface area contributed by atoms with Gasteiger partial charge >= 0.3 is 0 Å². The molecule has 1 N–H and O–H groups in total. The van der Waals surface area contributed by atoms with Crippen molar-refractivity contribution in [2.75, 3.05) is 0 Å². The van der Waals surface area contributed by atoms with Gasteiger partial charge in [-0.3, -0.25) is 4.40 Å². The SMILES string of the molecule is CCC(O)(Cc1cn2ccsc2n1)C(C)C. The van der Waals surface area contributed by atoms with Crippen molar-refractivity contribution in [3.8, 4) is 0 Å². The van der Waals surface area contributed by atoms with Crippen molar-refractivity contribution in [3.63, 3.8) is 0 Å². The highest BCUT2D eigenvalue weighted by Gasteiger charge is 2.30. The lowest BCUT2D eigenvalue weighted by atomic mass is 9.84. The number of hydrogen-bond donors (Lipinski definition) is 1. The zero-order valence-electron chi connectivity index (χ0n) is 9.97. The maximum Gasteiger partial charge on any atom is 0.193 e. The first-order chi connectivity index (χ1) is 7.55. The number of thiazole rings is 1. The topological polar surface area (TPSA) is 37.5 Å². The molecule has 0 saturated carbocycles. The van der Waals surface area contributed by atoms with E-state index in [1.54, 1.807) is 11.3 Å². The van der Waals surface area contributed by atoms with Gasteiger partial charge in [-0.15, -0.1) is 11.3 Å². The zero-order chi connectivity index (χ0) is 11.8. The second-order valence-corrected chi connectivity index (χ2v) is 5.49. The van der Waals surface area contributed by atoms with E-state index in [2.05, 4.69) is 18.8 Å². The second kappa shape index (κ2) is 4.18. The van der Waals surface area contributed by atoms with E-state index < -0.39 is 5.60 Å². The van der Waals surface area contributed by atoms with Crippen LogP contribution in [0.15, 0.2) is 17.8 Å². The molecule has 0 aliphatic heterocycles. The van der Waals surface area contributed by atoms with Gasteiger partial charge in [0.05, 0.1) is 11.3 Å². The van der Waals surface area contributed by atoms with Crippen LogP contribution in [0.2, 0.25) is 0 Å². The number of fused-ring (bicyclic) bond motifs is 1. The van der Waals surface area contributed by atoms with E-state index in [1.165, 1.54) is 0 Å². The van der Waals surface area contributed by atoms with Gasteiger partial charge < -0.3 is 5.11 Å². The van der Waals surface area contributed by atoms with Gasteiger partial charge in [-0.05, 0) is 12.3 Å². The summed E-state index contributed by atoms with van der Waals surface area (Å²) in [6.07, 6.45) is 5.40. The molecule has 4 heteroatoms. The van der Waals surface area contributed by atoms with Crippen molar-refractivity contribution < 1.29 is 5.11 Å². The summed E-state index contributed by atoms with van der Waals surface area (Å²) in [7, 11) is 0. The van der Waals surface area contributed by atoms with Crippen molar-refractivity contribution >= 4 is 16.3 Å². The maximum atomic E-state index is 10.5. The average Bonchev–Trinajstić information content (AvgIpc) is 2.77. The smallest absolute Gasteiger partial charge is 0.193 e. The predicted octanol–water partition coefficient (Wildman–Crippen LogP) is 2.74. The number of aromatic nitrogens is 2. The Labute approximate surface area is 99.8 Å². The van der Waals surface area contributed by atoms with Crippen LogP contribution in [0.5, 0.6) is 0 Å². The van der Waals surface area contributed by atoms with Crippen molar-refractivity contribution in [3.05, 3.63) is 23.5 Å². The first kappa shape index (κ1) is 11.6. The molecule has 2 heterocycles. The van der Waals surface area contributed by atoms with Crippen molar-refractivity contribution in [1.82, 2.24) is 9.38 Å². The number of imidazole rings is 1. The van der Waals surface area contributed by atoms with Crippen LogP contribution >= 0.6 is 11.3 Å². The first-order valence-corrected chi connectivity index (χ1v) is 6.56. The molecule has 1 atom stereocenters. The van der Waals surface area contributed by atoms with Gasteiger partial charge in [0.2, 0.25) is 0 Å². The van der Waals surface area contributed by atoms with Crippen LogP contribution < -0.4 is 0 Å². The normalized spacial score (nSPS) is 15.8. The standard InChI is InChI=1S/C12H18N2OS/c1-4-12(15,9(2)3)7-10-8-14-5-6-16-11(14)13-10/h5-6,8-9,15H,4,7H2,1-3H3. The average molecular weight is 238 g/mol. The third kappa shape index (κ3) is 1.99. The van der Waals surface area contributed by atoms with Gasteiger partial charge in [0.25, 0.3) is 0 Å². The summed E-state index contributed by atoms with van der Waals surface area (Å²) in [5.41, 5.74) is 0.342. The molecule has 0 radical (unpaired) electrons. The molecule has 0 aliphatic rings. The van der Waals surface area contributed by atoms with E-state index in [-0.39, 0.29) is 5.92 Å². The Morgan fingerprint density at radius 3 is 2.88 bits per heavy atom. The molecule has 0 fully saturated rings. The summed E-state index contributed by atoms with van der Waals surface area (Å²) in [6, 6.07) is 0. The molecule has 3 nitrogen and oxygen atoms in total. The van der Waals surface area contributed by atoms with Gasteiger partial charge in [-0.1, -0.05) is 20.8 Å². The monoisotopic (exact) mass is 238 g/mol. The number of rotatable bonds is 4. The van der Waals surface area contributed by atoms with E-state index in [1.807, 2.05) is 29.1 Å². The molecule has 0 bridgehead atoms. The van der Waals surface area contributed by atoms with Gasteiger partial charge in [-0.25, -0.2) is 4.98 Å². The van der Waals surface area contributed by atoms with E-state index in [4.69, 9.17) is 0 Å². The molecule has 16 heavy (non-hydrogen) atoms. The quantitative estimate of drug-likeness (QED) is 0.889. The van der Waals surface area contributed by atoms with Crippen molar-refractivity contribution in [2.45, 2.75) is 39.2 Å². The van der Waals surface area contributed by atoms with Crippen LogP contribution in [-0.2, 0) is 6.42 Å². The van der Waals surface area contributed by atoms with Gasteiger partial charge in [0.1, 0.15) is 0 Å². The van der Waals surface area contributed by atoms with E-state index in [9.17, 15) is 5.11 Å². The lowest BCUT2D eigenvalue weighted by molar-refractivity contribution is -0.00900. The Hall–Kier alpha value is -0.870. The van der Waals surface area contributed by atoms with Crippen LogP contribution in [-0.4, -0.2) is 20.1 Å². The summed E-state index contributed by atoms with van der Waals surface area (Å²) in [5, 5.41) is 12.5. The molecule has 88 valence electrons. The molecule has 1 unspecified atom stereocenters. The van der Waals surface area contributed by atoms with E-state index in [0.717, 1.165) is 17.1 Å². The third-order valence-electron chi connectivity index (χ3n) is 3.32. The molecule has 2 rings (SSSR count). The Kier molecular flexibility index (Phi) is 3.04. The van der Waals surface area contributed by atoms with Crippen LogP contribution in [0, 0.1) is 5.92 Å². The minimum atomic E-state index is -0.635. The van der Waals surface area contributed by atoms with Crippen LogP contribution in [0.25, 0.3) is 4.96 Å². The van der Waals surface area contributed by atoms with Gasteiger partial charge in [-0.2, -0.15) is 0 Å². The number of nitrogens with zero attached hydrogens (tertiary/aromatic N) is 2. The minimum Gasteiger partial charge on any atom is -0.389 e. The summed E-state index contributed by atoms with van der Waals surface area (Å²) >= 11 is 1.62. The summed E-state index contributed by atoms with van der Waals surface area (Å²) < 4.78 is 2.01. The first-order valence-electron chi connectivity index (χ1n) is 5.68. The Balaban J connectivity index is 2.23. The fourth-order valence-electron chi connectivity index (χ4n) is 1.91.